The average Bonchev–Trinajstić information content (AvgIpc) is 3.64. The molecule has 13 nitrogen and oxygen atoms in total. The third kappa shape index (κ3) is 6.53. The van der Waals surface area contributed by atoms with Gasteiger partial charge in [0.25, 0.3) is 11.3 Å². The fourth-order valence-electron chi connectivity index (χ4n) is 4.35. The van der Waals surface area contributed by atoms with E-state index in [9.17, 15) is 24.8 Å². The first kappa shape index (κ1) is 28.8. The van der Waals surface area contributed by atoms with Crippen molar-refractivity contribution in [3.8, 4) is 11.5 Å². The van der Waals surface area contributed by atoms with Gasteiger partial charge < -0.3 is 32.9 Å². The Kier molecular flexibility index (Phi) is 8.99. The molecule has 0 bridgehead atoms. The van der Waals surface area contributed by atoms with Crippen molar-refractivity contribution in [2.45, 2.75) is 31.5 Å². The lowest BCUT2D eigenvalue weighted by Crippen LogP contribution is -2.46. The van der Waals surface area contributed by atoms with E-state index in [-0.39, 0.29) is 36.8 Å². The molecule has 2 aromatic heterocycles. The highest BCUT2D eigenvalue weighted by atomic mass is 16.7. The zero-order chi connectivity index (χ0) is 29.4. The van der Waals surface area contributed by atoms with Gasteiger partial charge in [-0.1, -0.05) is 18.2 Å². The average molecular weight is 567 g/mol. The third-order valence-electron chi connectivity index (χ3n) is 6.17. The maximum Gasteiger partial charge on any atom is 0.515 e. The van der Waals surface area contributed by atoms with Gasteiger partial charge in [-0.05, 0) is 36.8 Å². The molecule has 0 saturated carbocycles. The van der Waals surface area contributed by atoms with Gasteiger partial charge in [0, 0.05) is 37.1 Å². The molecule has 2 heterocycles. The first-order valence-corrected chi connectivity index (χ1v) is 12.3. The number of carbonyl (C=O) groups excluding carboxylic acids is 1. The first-order valence-electron chi connectivity index (χ1n) is 12.3. The van der Waals surface area contributed by atoms with E-state index in [0.29, 0.717) is 22.9 Å². The molecule has 1 N–H and O–H groups in total. The van der Waals surface area contributed by atoms with Crippen LogP contribution in [0.2, 0.25) is 0 Å². The van der Waals surface area contributed by atoms with E-state index in [0.717, 1.165) is 12.1 Å². The number of oxazole rings is 1. The molecule has 0 saturated heterocycles. The van der Waals surface area contributed by atoms with Crippen LogP contribution < -0.4 is 9.47 Å². The Bertz CT molecular complexity index is 1480. The summed E-state index contributed by atoms with van der Waals surface area (Å²) in [6.07, 6.45) is 1.35. The second-order valence-electron chi connectivity index (χ2n) is 8.72. The Morgan fingerprint density at radius 1 is 1.10 bits per heavy atom. The highest BCUT2D eigenvalue weighted by molar-refractivity contribution is 5.83. The van der Waals surface area contributed by atoms with Gasteiger partial charge in [0.1, 0.15) is 23.5 Å². The third-order valence-corrected chi connectivity index (χ3v) is 6.17. The quantitative estimate of drug-likeness (QED) is 0.0720. The molecule has 0 aliphatic rings. The second-order valence-corrected chi connectivity index (χ2v) is 8.72. The van der Waals surface area contributed by atoms with Gasteiger partial charge in [0.15, 0.2) is 11.7 Å². The van der Waals surface area contributed by atoms with Gasteiger partial charge in [0.2, 0.25) is 0 Å². The minimum Gasteiger partial charge on any atom is -0.496 e. The minimum absolute atomic E-state index is 0.0190. The van der Waals surface area contributed by atoms with Crippen LogP contribution in [-0.2, 0) is 26.5 Å². The Morgan fingerprint density at radius 2 is 1.85 bits per heavy atom. The smallest absolute Gasteiger partial charge is 0.496 e. The number of benzene rings is 2. The topological polar surface area (TPSA) is 174 Å². The van der Waals surface area contributed by atoms with Crippen LogP contribution in [0.15, 0.2) is 82.0 Å². The number of nitrogens with zero attached hydrogens (tertiary/aromatic N) is 2. The number of nitro benzene ring substituents is 1. The fourth-order valence-corrected chi connectivity index (χ4v) is 4.35. The molecular weight excluding hydrogens is 540 g/mol. The summed E-state index contributed by atoms with van der Waals surface area (Å²) in [5.41, 5.74) is -1.71. The zero-order valence-corrected chi connectivity index (χ0v) is 22.1. The van der Waals surface area contributed by atoms with Crippen LogP contribution in [0.4, 0.5) is 10.5 Å². The lowest BCUT2D eigenvalue weighted by molar-refractivity contribution is -0.384. The number of carboxylic acids is 1. The predicted molar refractivity (Wildman–Crippen MR) is 139 cm³/mol. The SMILES string of the molecule is COc1ccccc1C(CCOCc1coc(C)n1)C(OC(=O)Oc1ccc([N+](=O)[O-])cc1)(C(=O)O)c1ccco1. The summed E-state index contributed by atoms with van der Waals surface area (Å²) in [5.74, 6) is -2.12. The molecule has 4 rings (SSSR count). The van der Waals surface area contributed by atoms with Crippen molar-refractivity contribution >= 4 is 17.8 Å². The summed E-state index contributed by atoms with van der Waals surface area (Å²) in [6.45, 7) is 1.81. The summed E-state index contributed by atoms with van der Waals surface area (Å²) in [5, 5.41) is 21.6. The maximum absolute atomic E-state index is 13.1. The molecule has 2 unspecified atom stereocenters. The van der Waals surface area contributed by atoms with Crippen LogP contribution in [0.25, 0.3) is 0 Å². The summed E-state index contributed by atoms with van der Waals surface area (Å²) in [7, 11) is 1.43. The maximum atomic E-state index is 13.1. The molecule has 0 aliphatic carbocycles. The van der Waals surface area contributed by atoms with Gasteiger partial charge in [0.05, 0.1) is 24.9 Å². The first-order chi connectivity index (χ1) is 19.7. The van der Waals surface area contributed by atoms with E-state index in [1.165, 1.54) is 43.9 Å². The van der Waals surface area contributed by atoms with Crippen molar-refractivity contribution < 1.29 is 47.4 Å². The molecular formula is C28H26N2O11. The summed E-state index contributed by atoms with van der Waals surface area (Å²) >= 11 is 0. The van der Waals surface area contributed by atoms with Gasteiger partial charge in [-0.15, -0.1) is 0 Å². The molecule has 2 aromatic carbocycles. The van der Waals surface area contributed by atoms with Crippen molar-refractivity contribution in [2.24, 2.45) is 0 Å². The van der Waals surface area contributed by atoms with Gasteiger partial charge in [-0.2, -0.15) is 0 Å². The van der Waals surface area contributed by atoms with E-state index in [2.05, 4.69) is 4.98 Å². The number of carboxylic acid groups (broad SMARTS) is 1. The monoisotopic (exact) mass is 566 g/mol. The number of aliphatic carboxylic acids is 1. The zero-order valence-electron chi connectivity index (χ0n) is 22.1. The number of furan rings is 1. The molecule has 0 radical (unpaired) electrons. The molecule has 0 fully saturated rings. The van der Waals surface area contributed by atoms with Crippen LogP contribution in [-0.4, -0.2) is 40.9 Å². The molecule has 214 valence electrons. The number of hydrogen-bond donors (Lipinski definition) is 1. The number of para-hydroxylation sites is 1. The van der Waals surface area contributed by atoms with Crippen molar-refractivity contribution in [1.29, 1.82) is 0 Å². The van der Waals surface area contributed by atoms with E-state index >= 15 is 0 Å². The summed E-state index contributed by atoms with van der Waals surface area (Å²) in [4.78, 5) is 40.7. The van der Waals surface area contributed by atoms with Crippen LogP contribution >= 0.6 is 0 Å². The fraction of sp³-hybridized carbons (Fsp3) is 0.250. The molecule has 0 spiro atoms. The largest absolute Gasteiger partial charge is 0.515 e. The van der Waals surface area contributed by atoms with Crippen molar-refractivity contribution in [1.82, 2.24) is 4.98 Å². The number of nitro groups is 1. The molecule has 2 atom stereocenters. The van der Waals surface area contributed by atoms with E-state index in [1.807, 2.05) is 0 Å². The number of hydrogen-bond acceptors (Lipinski definition) is 11. The lowest BCUT2D eigenvalue weighted by Gasteiger charge is -2.35. The van der Waals surface area contributed by atoms with Crippen LogP contribution in [0.5, 0.6) is 11.5 Å². The second kappa shape index (κ2) is 12.8. The Hall–Kier alpha value is -5.17. The van der Waals surface area contributed by atoms with Crippen molar-refractivity contribution in [3.63, 3.8) is 0 Å². The number of non-ortho nitro benzene ring substituents is 1. The number of ether oxygens (including phenoxy) is 4. The molecule has 13 heteroatoms. The number of aryl methyl sites for hydroxylation is 1. The number of rotatable bonds is 13. The van der Waals surface area contributed by atoms with Gasteiger partial charge >= 0.3 is 12.1 Å². The van der Waals surface area contributed by atoms with Gasteiger partial charge in [-0.3, -0.25) is 10.1 Å². The Labute approximate surface area is 233 Å². The van der Waals surface area contributed by atoms with E-state index in [1.54, 1.807) is 31.2 Å². The highest BCUT2D eigenvalue weighted by Crippen LogP contribution is 2.46. The van der Waals surface area contributed by atoms with Crippen LogP contribution in [0.1, 0.15) is 35.2 Å². The van der Waals surface area contributed by atoms with E-state index in [4.69, 9.17) is 27.8 Å². The normalized spacial score (nSPS) is 13.1. The number of carbonyl (C=O) groups is 2. The van der Waals surface area contributed by atoms with E-state index < -0.39 is 28.6 Å². The number of methoxy groups -OCH3 is 1. The molecule has 41 heavy (non-hydrogen) atoms. The van der Waals surface area contributed by atoms with Crippen molar-refractivity contribution in [2.75, 3.05) is 13.7 Å². The van der Waals surface area contributed by atoms with Crippen molar-refractivity contribution in [3.05, 3.63) is 106 Å². The van der Waals surface area contributed by atoms with Crippen LogP contribution in [0, 0.1) is 17.0 Å². The Morgan fingerprint density at radius 3 is 2.46 bits per heavy atom. The minimum atomic E-state index is -2.44. The van der Waals surface area contributed by atoms with Crippen LogP contribution in [0.3, 0.4) is 0 Å². The molecule has 0 amide bonds. The number of aromatic nitrogens is 1. The standard InChI is InChI=1S/C28H26N2O11/c1-18-29-19(17-39-18)16-37-15-13-23(22-6-3-4-7-24(22)36-2)28(26(31)32,25-8-5-14-38-25)41-27(33)40-21-11-9-20(10-12-21)30(34)35/h3-12,14,17,23H,13,15-16H2,1-2H3,(H,31,32). The molecule has 0 aliphatic heterocycles. The highest BCUT2D eigenvalue weighted by Gasteiger charge is 2.55. The summed E-state index contributed by atoms with van der Waals surface area (Å²) in [6, 6.07) is 14.2. The lowest BCUT2D eigenvalue weighted by atomic mass is 9.77. The molecule has 4 aromatic rings. The Balaban J connectivity index is 1.69. The predicted octanol–water partition coefficient (Wildman–Crippen LogP) is 5.38. The summed E-state index contributed by atoms with van der Waals surface area (Å²) < 4.78 is 32.8. The van der Waals surface area contributed by atoms with Gasteiger partial charge in [-0.25, -0.2) is 14.6 Å².